The predicted molar refractivity (Wildman–Crippen MR) is 120 cm³/mol. The lowest BCUT2D eigenvalue weighted by Gasteiger charge is -2.36. The second-order valence-corrected chi connectivity index (χ2v) is 10.1. The van der Waals surface area contributed by atoms with Crippen LogP contribution >= 0.6 is 0 Å². The second kappa shape index (κ2) is 8.39. The first kappa shape index (κ1) is 22.6. The molecule has 33 heavy (non-hydrogen) atoms. The van der Waals surface area contributed by atoms with E-state index in [4.69, 9.17) is 0 Å². The molecule has 1 unspecified atom stereocenters. The van der Waals surface area contributed by atoms with Crippen molar-refractivity contribution in [3.63, 3.8) is 0 Å². The highest BCUT2D eigenvalue weighted by molar-refractivity contribution is 7.93. The van der Waals surface area contributed by atoms with Gasteiger partial charge in [0.2, 0.25) is 0 Å². The quantitative estimate of drug-likeness (QED) is 0.514. The molecular formula is C22H21FN4O5S. The fraction of sp³-hybridized carbons (Fsp3) is 0.273. The van der Waals surface area contributed by atoms with Crippen LogP contribution in [0.5, 0.6) is 0 Å². The number of aliphatic imine (C=N–C) groups is 1. The minimum Gasteiger partial charge on any atom is -0.511 e. The van der Waals surface area contributed by atoms with Crippen molar-refractivity contribution in [3.05, 3.63) is 75.3 Å². The molecule has 172 valence electrons. The summed E-state index contributed by atoms with van der Waals surface area (Å²) in [5.41, 5.74) is 0.502. The Hall–Kier alpha value is -3.60. The summed E-state index contributed by atoms with van der Waals surface area (Å²) in [6.45, 7) is 2.07. The molecule has 2 aliphatic heterocycles. The Kier molecular flexibility index (Phi) is 5.75. The number of hydrogen-bond acceptors (Lipinski definition) is 7. The maximum atomic E-state index is 13.5. The highest BCUT2D eigenvalue weighted by atomic mass is 32.2. The summed E-state index contributed by atoms with van der Waals surface area (Å²) in [4.78, 5) is 29.9. The highest BCUT2D eigenvalue weighted by Gasteiger charge is 2.38. The van der Waals surface area contributed by atoms with Gasteiger partial charge in [-0.25, -0.2) is 13.6 Å². The van der Waals surface area contributed by atoms with Crippen molar-refractivity contribution < 1.29 is 23.4 Å². The standard InChI is InChI=1S/C22H21FN4O5S/c1-3-15-10-18(28)20(22(29)26(15)12-13-4-6-14(23)7-5-13)21-24-17-9-8-16(27(30)31)11-19(17)33(2,32)25-21/h4-9,11,15,28H,3,10,12H2,1-2H3/t15-,33?/m0/s1. The van der Waals surface area contributed by atoms with Gasteiger partial charge in [-0.2, -0.15) is 4.36 Å². The molecule has 4 rings (SSSR count). The lowest BCUT2D eigenvalue weighted by Crippen LogP contribution is -2.45. The fourth-order valence-corrected chi connectivity index (χ4v) is 5.31. The van der Waals surface area contributed by atoms with Gasteiger partial charge in [-0.15, -0.1) is 0 Å². The number of carbonyl (C=O) groups excluding carboxylic acids is 1. The first-order chi connectivity index (χ1) is 15.6. The first-order valence-corrected chi connectivity index (χ1v) is 12.1. The average molecular weight is 472 g/mol. The van der Waals surface area contributed by atoms with Gasteiger partial charge in [-0.3, -0.25) is 14.9 Å². The maximum absolute atomic E-state index is 13.5. The van der Waals surface area contributed by atoms with E-state index in [-0.39, 0.29) is 58.3 Å². The van der Waals surface area contributed by atoms with Gasteiger partial charge >= 0.3 is 0 Å². The van der Waals surface area contributed by atoms with Gasteiger partial charge < -0.3 is 10.0 Å². The van der Waals surface area contributed by atoms with Gasteiger partial charge in [0, 0.05) is 37.4 Å². The van der Waals surface area contributed by atoms with Crippen LogP contribution in [0.2, 0.25) is 0 Å². The Balaban J connectivity index is 1.76. The van der Waals surface area contributed by atoms with Crippen molar-refractivity contribution in [2.75, 3.05) is 6.26 Å². The molecule has 0 bridgehead atoms. The zero-order chi connectivity index (χ0) is 23.9. The van der Waals surface area contributed by atoms with Gasteiger partial charge in [0.05, 0.1) is 25.2 Å². The number of nitro benzene ring substituents is 1. The molecule has 2 heterocycles. The lowest BCUT2D eigenvalue weighted by molar-refractivity contribution is -0.385. The van der Waals surface area contributed by atoms with Crippen LogP contribution in [-0.4, -0.2) is 43.2 Å². The molecule has 2 aromatic carbocycles. The molecule has 11 heteroatoms. The number of fused-ring (bicyclic) bond motifs is 1. The normalized spacial score (nSPS) is 22.5. The van der Waals surface area contributed by atoms with Crippen LogP contribution in [0.3, 0.4) is 0 Å². The number of rotatable bonds is 5. The molecular weight excluding hydrogens is 451 g/mol. The van der Waals surface area contributed by atoms with E-state index in [1.54, 1.807) is 17.0 Å². The highest BCUT2D eigenvalue weighted by Crippen LogP contribution is 2.36. The molecule has 0 saturated heterocycles. The first-order valence-electron chi connectivity index (χ1n) is 10.2. The number of hydrogen-bond donors (Lipinski definition) is 1. The number of non-ortho nitro benzene ring substituents is 1. The van der Waals surface area contributed by atoms with Gasteiger partial charge in [0.1, 0.15) is 17.1 Å². The van der Waals surface area contributed by atoms with Crippen molar-refractivity contribution in [2.45, 2.75) is 37.2 Å². The van der Waals surface area contributed by atoms with Crippen molar-refractivity contribution in [2.24, 2.45) is 9.36 Å². The van der Waals surface area contributed by atoms with Crippen molar-refractivity contribution >= 4 is 32.8 Å². The molecule has 1 amide bonds. The molecule has 0 aromatic heterocycles. The Morgan fingerprint density at radius 3 is 2.61 bits per heavy atom. The van der Waals surface area contributed by atoms with Crippen LogP contribution in [0.15, 0.2) is 68.0 Å². The van der Waals surface area contributed by atoms with E-state index in [0.717, 1.165) is 6.07 Å². The van der Waals surface area contributed by atoms with Crippen LogP contribution in [0.4, 0.5) is 15.8 Å². The maximum Gasteiger partial charge on any atom is 0.270 e. The Morgan fingerprint density at radius 2 is 1.97 bits per heavy atom. The van der Waals surface area contributed by atoms with Crippen LogP contribution in [-0.2, 0) is 21.1 Å². The minimum atomic E-state index is -3.16. The summed E-state index contributed by atoms with van der Waals surface area (Å²) >= 11 is 0. The van der Waals surface area contributed by atoms with E-state index >= 15 is 0 Å². The molecule has 2 aromatic rings. The third kappa shape index (κ3) is 4.23. The number of nitro groups is 1. The molecule has 9 nitrogen and oxygen atoms in total. The Bertz CT molecular complexity index is 1340. The van der Waals surface area contributed by atoms with Gasteiger partial charge in [-0.05, 0) is 30.2 Å². The summed E-state index contributed by atoms with van der Waals surface area (Å²) in [5, 5.41) is 21.8. The van der Waals surface area contributed by atoms with E-state index in [1.807, 2.05) is 6.92 Å². The average Bonchev–Trinajstić information content (AvgIpc) is 2.76. The number of carbonyl (C=O) groups is 1. The third-order valence-corrected chi connectivity index (χ3v) is 7.31. The largest absolute Gasteiger partial charge is 0.511 e. The lowest BCUT2D eigenvalue weighted by atomic mass is 9.96. The number of aliphatic hydroxyl groups excluding tert-OH is 1. The second-order valence-electron chi connectivity index (χ2n) is 7.89. The summed E-state index contributed by atoms with van der Waals surface area (Å²) in [5.74, 6) is -1.30. The van der Waals surface area contributed by atoms with E-state index in [2.05, 4.69) is 9.36 Å². The molecule has 0 radical (unpaired) electrons. The van der Waals surface area contributed by atoms with Crippen molar-refractivity contribution in [1.82, 2.24) is 4.90 Å². The van der Waals surface area contributed by atoms with Gasteiger partial charge in [-0.1, -0.05) is 19.1 Å². The van der Waals surface area contributed by atoms with E-state index in [1.165, 1.54) is 30.5 Å². The number of benzene rings is 2. The molecule has 1 N–H and O–H groups in total. The molecule has 2 atom stereocenters. The zero-order valence-electron chi connectivity index (χ0n) is 17.9. The Morgan fingerprint density at radius 1 is 1.27 bits per heavy atom. The van der Waals surface area contributed by atoms with Gasteiger partial charge in [0.15, 0.2) is 5.84 Å². The minimum absolute atomic E-state index is 0.0957. The van der Waals surface area contributed by atoms with Crippen molar-refractivity contribution in [3.8, 4) is 0 Å². The smallest absolute Gasteiger partial charge is 0.270 e. The summed E-state index contributed by atoms with van der Waals surface area (Å²) in [7, 11) is -3.16. The SMILES string of the molecule is CC[C@H]1CC(O)=C(C2=Nc3ccc([N+](=O)[O-])cc3S(C)(=O)=N2)C(=O)N1Cc1ccc(F)cc1. The van der Waals surface area contributed by atoms with E-state index < -0.39 is 20.6 Å². The predicted octanol–water partition coefficient (Wildman–Crippen LogP) is 4.26. The number of amidine groups is 1. The third-order valence-electron chi connectivity index (χ3n) is 5.64. The zero-order valence-corrected chi connectivity index (χ0v) is 18.7. The number of amides is 1. The number of nitrogens with zero attached hydrogens (tertiary/aromatic N) is 4. The number of halogens is 1. The summed E-state index contributed by atoms with van der Waals surface area (Å²) in [6, 6.07) is 9.22. The van der Waals surface area contributed by atoms with E-state index in [9.17, 15) is 28.6 Å². The molecule has 0 aliphatic carbocycles. The topological polar surface area (TPSA) is 125 Å². The molecule has 0 saturated carbocycles. The monoisotopic (exact) mass is 472 g/mol. The Labute approximate surface area is 189 Å². The fourth-order valence-electron chi connectivity index (χ4n) is 3.91. The van der Waals surface area contributed by atoms with E-state index in [0.29, 0.717) is 12.0 Å². The van der Waals surface area contributed by atoms with Crippen LogP contribution in [0, 0.1) is 15.9 Å². The molecule has 0 spiro atoms. The van der Waals surface area contributed by atoms with Crippen molar-refractivity contribution in [1.29, 1.82) is 0 Å². The molecule has 2 aliphatic rings. The summed E-state index contributed by atoms with van der Waals surface area (Å²) in [6.07, 6.45) is 2.04. The van der Waals surface area contributed by atoms with Crippen LogP contribution in [0.1, 0.15) is 25.3 Å². The number of aliphatic hydroxyl groups is 1. The molecule has 0 fully saturated rings. The van der Waals surface area contributed by atoms with Crippen LogP contribution in [0.25, 0.3) is 0 Å². The van der Waals surface area contributed by atoms with Gasteiger partial charge in [0.25, 0.3) is 11.6 Å². The summed E-state index contributed by atoms with van der Waals surface area (Å²) < 4.78 is 30.7. The van der Waals surface area contributed by atoms with Crippen LogP contribution < -0.4 is 0 Å².